The molecule has 9 heteroatoms. The molecule has 0 heterocycles. The van der Waals surface area contributed by atoms with Crippen molar-refractivity contribution in [1.82, 2.24) is 5.32 Å². The topological polar surface area (TPSA) is 127 Å². The summed E-state index contributed by atoms with van der Waals surface area (Å²) in [7, 11) is 0. The van der Waals surface area contributed by atoms with Gasteiger partial charge in [-0.3, -0.25) is 4.79 Å². The summed E-state index contributed by atoms with van der Waals surface area (Å²) in [6.07, 6.45) is 7.65. The Bertz CT molecular complexity index is 518. The predicted octanol–water partition coefficient (Wildman–Crippen LogP) is -2.17. The maximum Gasteiger partial charge on any atom is 1.00 e. The van der Waals surface area contributed by atoms with Crippen LogP contribution in [0.15, 0.2) is 12.2 Å². The van der Waals surface area contributed by atoms with Gasteiger partial charge in [-0.1, -0.05) is 46.1 Å². The van der Waals surface area contributed by atoms with Gasteiger partial charge < -0.3 is 29.9 Å². The average Bonchev–Trinajstić information content (AvgIpc) is 2.66. The first-order valence-electron chi connectivity index (χ1n) is 10.7. The molecule has 0 aliphatic heterocycles. The smallest absolute Gasteiger partial charge is 0.544 e. The fraction of sp³-hybridized carbons (Fsp3) is 0.762. The van der Waals surface area contributed by atoms with Crippen LogP contribution in [-0.2, 0) is 14.4 Å². The van der Waals surface area contributed by atoms with Crippen molar-refractivity contribution in [3.8, 4) is 0 Å². The van der Waals surface area contributed by atoms with E-state index in [-0.39, 0.29) is 79.0 Å². The number of nitrogens with zero attached hydrogens (tertiary/aromatic N) is 1. The molecule has 0 aromatic carbocycles. The number of amides is 1. The van der Waals surface area contributed by atoms with Crippen LogP contribution in [-0.4, -0.2) is 70.9 Å². The van der Waals surface area contributed by atoms with E-state index in [2.05, 4.69) is 12.2 Å². The van der Waals surface area contributed by atoms with E-state index in [0.717, 1.165) is 19.3 Å². The average molecular weight is 438 g/mol. The SMILES string of the molecule is CCCC/C=C/C(=O)NCC[N+](CCO)(C(CCC)C(=O)[O-])C(CCC)C(=O)O.[Na+]. The molecule has 0 rings (SSSR count). The third kappa shape index (κ3) is 10.4. The van der Waals surface area contributed by atoms with Crippen LogP contribution in [0.5, 0.6) is 0 Å². The van der Waals surface area contributed by atoms with E-state index in [4.69, 9.17) is 0 Å². The van der Waals surface area contributed by atoms with E-state index in [1.165, 1.54) is 6.08 Å². The number of aliphatic hydroxyl groups excluding tert-OH is 1. The Labute approximate surface area is 202 Å². The number of hydrogen-bond donors (Lipinski definition) is 3. The fourth-order valence-electron chi connectivity index (χ4n) is 3.83. The Morgan fingerprint density at radius 3 is 2.10 bits per heavy atom. The largest absolute Gasteiger partial charge is 1.00 e. The Morgan fingerprint density at radius 1 is 1.03 bits per heavy atom. The fourth-order valence-corrected chi connectivity index (χ4v) is 3.83. The number of allylic oxidation sites excluding steroid dienone is 1. The molecule has 1 amide bonds. The van der Waals surface area contributed by atoms with Crippen molar-refractivity contribution in [2.24, 2.45) is 0 Å². The maximum atomic E-state index is 12.0. The molecule has 0 fully saturated rings. The summed E-state index contributed by atoms with van der Waals surface area (Å²) in [5, 5.41) is 34.1. The number of carbonyl (C=O) groups is 3. The van der Waals surface area contributed by atoms with Gasteiger partial charge in [0, 0.05) is 12.8 Å². The molecule has 168 valence electrons. The molecule has 0 aliphatic carbocycles. The second kappa shape index (κ2) is 17.7. The molecule has 8 nitrogen and oxygen atoms in total. The van der Waals surface area contributed by atoms with Crippen LogP contribution in [0.4, 0.5) is 0 Å². The second-order valence-electron chi connectivity index (χ2n) is 7.38. The normalized spacial score (nSPS) is 15.1. The third-order valence-electron chi connectivity index (χ3n) is 5.26. The van der Waals surface area contributed by atoms with Gasteiger partial charge in [0.1, 0.15) is 12.6 Å². The molecule has 0 radical (unpaired) electrons. The summed E-state index contributed by atoms with van der Waals surface area (Å²) in [5.74, 6) is -2.73. The van der Waals surface area contributed by atoms with Gasteiger partial charge in [-0.05, 0) is 18.9 Å². The number of carboxylic acids is 2. The van der Waals surface area contributed by atoms with Gasteiger partial charge in [-0.25, -0.2) is 4.79 Å². The standard InChI is InChI=1S/C21H38N2O6.Na/c1-4-7-8-9-12-19(25)22-13-14-23(15-16-24,17(10-5-2)20(26)27)18(11-6-3)21(28)29;/h9,12,17-18,24H,4-8,10-11,13-16H2,1-3H3,(H2-,22,25,26,27,28,29);/q;+1/b12-9+;. The van der Waals surface area contributed by atoms with Crippen LogP contribution < -0.4 is 40.0 Å². The van der Waals surface area contributed by atoms with E-state index in [1.807, 2.05) is 13.8 Å². The number of rotatable bonds is 17. The maximum absolute atomic E-state index is 12.0. The van der Waals surface area contributed by atoms with Crippen molar-refractivity contribution >= 4 is 17.8 Å². The van der Waals surface area contributed by atoms with Crippen molar-refractivity contribution in [1.29, 1.82) is 0 Å². The predicted molar refractivity (Wildman–Crippen MR) is 109 cm³/mol. The minimum Gasteiger partial charge on any atom is -0.544 e. The van der Waals surface area contributed by atoms with E-state index in [9.17, 15) is 29.7 Å². The van der Waals surface area contributed by atoms with Crippen LogP contribution in [0.2, 0.25) is 0 Å². The molecular weight excluding hydrogens is 399 g/mol. The van der Waals surface area contributed by atoms with Gasteiger partial charge >= 0.3 is 35.5 Å². The van der Waals surface area contributed by atoms with Crippen LogP contribution in [0.3, 0.4) is 0 Å². The molecule has 3 N–H and O–H groups in total. The van der Waals surface area contributed by atoms with Crippen LogP contribution in [0.1, 0.15) is 65.7 Å². The quantitative estimate of drug-likeness (QED) is 0.103. The van der Waals surface area contributed by atoms with Crippen molar-refractivity contribution in [3.05, 3.63) is 12.2 Å². The van der Waals surface area contributed by atoms with E-state index in [1.54, 1.807) is 6.08 Å². The van der Waals surface area contributed by atoms with E-state index in [0.29, 0.717) is 12.8 Å². The summed E-state index contributed by atoms with van der Waals surface area (Å²) in [6, 6.07) is -2.07. The summed E-state index contributed by atoms with van der Waals surface area (Å²) >= 11 is 0. The Balaban J connectivity index is 0. The monoisotopic (exact) mass is 437 g/mol. The van der Waals surface area contributed by atoms with Gasteiger partial charge in [0.05, 0.1) is 25.7 Å². The molecule has 0 aliphatic rings. The zero-order chi connectivity index (χ0) is 22.3. The van der Waals surface area contributed by atoms with Gasteiger partial charge in [-0.15, -0.1) is 0 Å². The van der Waals surface area contributed by atoms with Crippen molar-refractivity contribution in [3.63, 3.8) is 0 Å². The van der Waals surface area contributed by atoms with Crippen LogP contribution in [0, 0.1) is 0 Å². The van der Waals surface area contributed by atoms with Gasteiger partial charge in [-0.2, -0.15) is 0 Å². The number of unbranched alkanes of at least 4 members (excludes halogenated alkanes) is 2. The van der Waals surface area contributed by atoms with Gasteiger partial charge in [0.2, 0.25) is 5.91 Å². The molecule has 0 saturated carbocycles. The molecule has 3 unspecified atom stereocenters. The molecular formula is C21H38N2NaO6+. The number of carboxylic acid groups (broad SMARTS) is 2. The Hall–Kier alpha value is -0.930. The van der Waals surface area contributed by atoms with Crippen LogP contribution >= 0.6 is 0 Å². The Kier molecular flexibility index (Phi) is 18.5. The molecule has 0 saturated heterocycles. The summed E-state index contributed by atoms with van der Waals surface area (Å²) in [4.78, 5) is 36.0. The number of carbonyl (C=O) groups excluding carboxylic acids is 2. The second-order valence-corrected chi connectivity index (χ2v) is 7.38. The first kappa shape index (κ1) is 31.3. The first-order valence-corrected chi connectivity index (χ1v) is 10.7. The first-order chi connectivity index (χ1) is 13.8. The molecule has 0 spiro atoms. The number of hydrogen-bond acceptors (Lipinski definition) is 5. The number of nitrogens with one attached hydrogen (secondary N) is 1. The zero-order valence-corrected chi connectivity index (χ0v) is 21.1. The number of quaternary nitrogens is 1. The number of aliphatic hydroxyl groups is 1. The van der Waals surface area contributed by atoms with Crippen molar-refractivity contribution in [2.75, 3.05) is 26.2 Å². The van der Waals surface area contributed by atoms with Crippen molar-refractivity contribution in [2.45, 2.75) is 77.8 Å². The molecule has 0 aromatic rings. The summed E-state index contributed by atoms with van der Waals surface area (Å²) in [6.45, 7) is 5.53. The third-order valence-corrected chi connectivity index (χ3v) is 5.26. The molecule has 0 aromatic heterocycles. The summed E-state index contributed by atoms with van der Waals surface area (Å²) in [5.41, 5.74) is 0. The van der Waals surface area contributed by atoms with Gasteiger partial charge in [0.25, 0.3) is 0 Å². The van der Waals surface area contributed by atoms with E-state index >= 15 is 0 Å². The molecule has 3 atom stereocenters. The summed E-state index contributed by atoms with van der Waals surface area (Å²) < 4.78 is -0.338. The zero-order valence-electron chi connectivity index (χ0n) is 19.1. The van der Waals surface area contributed by atoms with Gasteiger partial charge in [0.15, 0.2) is 6.04 Å². The minimum absolute atomic E-state index is 0. The number of aliphatic carboxylic acids is 2. The van der Waals surface area contributed by atoms with Crippen molar-refractivity contribution < 1.29 is 63.7 Å². The van der Waals surface area contributed by atoms with Crippen LogP contribution in [0.25, 0.3) is 0 Å². The molecule has 30 heavy (non-hydrogen) atoms. The Morgan fingerprint density at radius 2 is 1.63 bits per heavy atom. The minimum atomic E-state index is -1.33. The molecule has 0 bridgehead atoms. The van der Waals surface area contributed by atoms with E-state index < -0.39 is 24.0 Å².